The molecule has 3 rings (SSSR count). The third kappa shape index (κ3) is 4.84. The summed E-state index contributed by atoms with van der Waals surface area (Å²) in [5.74, 6) is 2.03. The van der Waals surface area contributed by atoms with Crippen molar-refractivity contribution in [2.45, 2.75) is 32.6 Å². The summed E-state index contributed by atoms with van der Waals surface area (Å²) in [6.45, 7) is 8.04. The Balaban J connectivity index is 1.53. The molecule has 26 heavy (non-hydrogen) atoms. The Kier molecular flexibility index (Phi) is 6.29. The first kappa shape index (κ1) is 18.9. The molecular weight excluding hydrogens is 328 g/mol. The molecule has 0 bridgehead atoms. The number of amides is 1. The van der Waals surface area contributed by atoms with Crippen molar-refractivity contribution in [3.8, 4) is 0 Å². The largest absolute Gasteiger partial charge is 0.354 e. The lowest BCUT2D eigenvalue weighted by Crippen LogP contribution is -2.50. The molecule has 0 aromatic carbocycles. The third-order valence-corrected chi connectivity index (χ3v) is 5.24. The number of piperazine rings is 1. The van der Waals surface area contributed by atoms with Gasteiger partial charge in [0.05, 0.1) is 6.54 Å². The molecule has 2 fully saturated rings. The molecule has 2 aliphatic rings. The molecule has 1 amide bonds. The van der Waals surface area contributed by atoms with Gasteiger partial charge in [-0.05, 0) is 19.8 Å². The zero-order valence-electron chi connectivity index (χ0n) is 16.4. The zero-order valence-corrected chi connectivity index (χ0v) is 16.4. The summed E-state index contributed by atoms with van der Waals surface area (Å²) in [6.07, 6.45) is 4.83. The van der Waals surface area contributed by atoms with Crippen LogP contribution in [0.5, 0.6) is 0 Å². The molecule has 0 saturated carbocycles. The van der Waals surface area contributed by atoms with E-state index in [-0.39, 0.29) is 0 Å². The van der Waals surface area contributed by atoms with E-state index < -0.39 is 0 Å². The summed E-state index contributed by atoms with van der Waals surface area (Å²) in [7, 11) is 3.93. The van der Waals surface area contributed by atoms with Gasteiger partial charge in [0.25, 0.3) is 0 Å². The maximum absolute atomic E-state index is 12.6. The Bertz CT molecular complexity index is 604. The van der Waals surface area contributed by atoms with Crippen molar-refractivity contribution >= 4 is 17.7 Å². The Morgan fingerprint density at radius 1 is 1.00 bits per heavy atom. The molecule has 2 aliphatic heterocycles. The fraction of sp³-hybridized carbons (Fsp3) is 0.737. The van der Waals surface area contributed by atoms with Crippen LogP contribution in [0.4, 0.5) is 11.8 Å². The van der Waals surface area contributed by atoms with Crippen LogP contribution in [0.15, 0.2) is 6.07 Å². The minimum absolute atomic E-state index is 0.299. The van der Waals surface area contributed by atoms with Crippen LogP contribution in [0.3, 0.4) is 0 Å². The standard InChI is InChI=1S/C19H32N6O/c1-16-14-17(21-19(20-16)22(2)3)24-12-10-23(11-13-24)15-18(26)25-8-6-4-5-7-9-25/h14H,4-13,15H2,1-3H3. The van der Waals surface area contributed by atoms with Crippen molar-refractivity contribution in [1.82, 2.24) is 19.8 Å². The highest BCUT2D eigenvalue weighted by atomic mass is 16.2. The van der Waals surface area contributed by atoms with Gasteiger partial charge in [0, 0.05) is 65.1 Å². The van der Waals surface area contributed by atoms with Crippen LogP contribution in [0.1, 0.15) is 31.4 Å². The maximum atomic E-state index is 12.6. The Morgan fingerprint density at radius 3 is 2.27 bits per heavy atom. The first-order chi connectivity index (χ1) is 12.5. The van der Waals surface area contributed by atoms with Crippen molar-refractivity contribution in [2.24, 2.45) is 0 Å². The molecule has 3 heterocycles. The van der Waals surface area contributed by atoms with Gasteiger partial charge in [-0.25, -0.2) is 4.98 Å². The average molecular weight is 361 g/mol. The second kappa shape index (κ2) is 8.66. The van der Waals surface area contributed by atoms with E-state index in [0.717, 1.165) is 69.6 Å². The van der Waals surface area contributed by atoms with Crippen molar-refractivity contribution in [1.29, 1.82) is 0 Å². The molecular formula is C19H32N6O. The molecule has 2 saturated heterocycles. The number of likely N-dealkylation sites (tertiary alicyclic amines) is 1. The number of aromatic nitrogens is 2. The predicted molar refractivity (Wildman–Crippen MR) is 105 cm³/mol. The fourth-order valence-corrected chi connectivity index (χ4v) is 3.65. The summed E-state index contributed by atoms with van der Waals surface area (Å²) in [6, 6.07) is 2.05. The SMILES string of the molecule is Cc1cc(N2CCN(CC(=O)N3CCCCCC3)CC2)nc(N(C)C)n1. The first-order valence-electron chi connectivity index (χ1n) is 9.81. The minimum atomic E-state index is 0.299. The van der Waals surface area contributed by atoms with E-state index in [0.29, 0.717) is 12.5 Å². The Hall–Kier alpha value is -1.89. The highest BCUT2D eigenvalue weighted by Gasteiger charge is 2.23. The fourth-order valence-electron chi connectivity index (χ4n) is 3.65. The number of hydrogen-bond acceptors (Lipinski definition) is 6. The first-order valence-corrected chi connectivity index (χ1v) is 9.81. The quantitative estimate of drug-likeness (QED) is 0.808. The van der Waals surface area contributed by atoms with Crippen LogP contribution >= 0.6 is 0 Å². The number of hydrogen-bond donors (Lipinski definition) is 0. The van der Waals surface area contributed by atoms with Crippen molar-refractivity contribution < 1.29 is 4.79 Å². The van der Waals surface area contributed by atoms with Crippen LogP contribution in [-0.4, -0.2) is 85.6 Å². The Labute approximate surface area is 157 Å². The van der Waals surface area contributed by atoms with Gasteiger partial charge in [-0.15, -0.1) is 0 Å². The summed E-state index contributed by atoms with van der Waals surface area (Å²) in [5, 5.41) is 0. The summed E-state index contributed by atoms with van der Waals surface area (Å²) < 4.78 is 0. The number of carbonyl (C=O) groups is 1. The second-order valence-electron chi connectivity index (χ2n) is 7.62. The highest BCUT2D eigenvalue weighted by Crippen LogP contribution is 2.18. The number of aryl methyl sites for hydroxylation is 1. The van der Waals surface area contributed by atoms with Crippen LogP contribution in [-0.2, 0) is 4.79 Å². The van der Waals surface area contributed by atoms with Gasteiger partial charge in [0.2, 0.25) is 11.9 Å². The zero-order chi connectivity index (χ0) is 18.5. The topological polar surface area (TPSA) is 55.8 Å². The Morgan fingerprint density at radius 2 is 1.65 bits per heavy atom. The van der Waals surface area contributed by atoms with Gasteiger partial charge in [-0.1, -0.05) is 12.8 Å². The molecule has 0 spiro atoms. The van der Waals surface area contributed by atoms with Gasteiger partial charge in [0.1, 0.15) is 5.82 Å². The molecule has 1 aromatic rings. The van der Waals surface area contributed by atoms with E-state index in [4.69, 9.17) is 0 Å². The van der Waals surface area contributed by atoms with Crippen LogP contribution in [0.2, 0.25) is 0 Å². The van der Waals surface area contributed by atoms with Crippen LogP contribution in [0.25, 0.3) is 0 Å². The minimum Gasteiger partial charge on any atom is -0.354 e. The monoisotopic (exact) mass is 360 g/mol. The normalized spacial score (nSPS) is 19.3. The molecule has 7 nitrogen and oxygen atoms in total. The van der Waals surface area contributed by atoms with Gasteiger partial charge >= 0.3 is 0 Å². The van der Waals surface area contributed by atoms with E-state index in [1.807, 2.05) is 32.0 Å². The highest BCUT2D eigenvalue weighted by molar-refractivity contribution is 5.78. The van der Waals surface area contributed by atoms with E-state index in [2.05, 4.69) is 24.7 Å². The van der Waals surface area contributed by atoms with Crippen LogP contribution < -0.4 is 9.80 Å². The number of nitrogens with zero attached hydrogens (tertiary/aromatic N) is 6. The third-order valence-electron chi connectivity index (χ3n) is 5.24. The van der Waals surface area contributed by atoms with Gasteiger partial charge in [0.15, 0.2) is 0 Å². The molecule has 1 aromatic heterocycles. The van der Waals surface area contributed by atoms with E-state index >= 15 is 0 Å². The summed E-state index contributed by atoms with van der Waals surface area (Å²) in [5.41, 5.74) is 0.984. The predicted octanol–water partition coefficient (Wildman–Crippen LogP) is 1.38. The average Bonchev–Trinajstić information content (AvgIpc) is 2.91. The van der Waals surface area contributed by atoms with Crippen LogP contribution in [0, 0.1) is 6.92 Å². The van der Waals surface area contributed by atoms with Crippen molar-refractivity contribution in [2.75, 3.05) is 69.7 Å². The van der Waals surface area contributed by atoms with Gasteiger partial charge in [-0.3, -0.25) is 9.69 Å². The lowest BCUT2D eigenvalue weighted by molar-refractivity contribution is -0.132. The number of rotatable bonds is 4. The lowest BCUT2D eigenvalue weighted by Gasteiger charge is -2.36. The van der Waals surface area contributed by atoms with Gasteiger partial charge in [-0.2, -0.15) is 4.98 Å². The molecule has 0 N–H and O–H groups in total. The summed E-state index contributed by atoms with van der Waals surface area (Å²) >= 11 is 0. The maximum Gasteiger partial charge on any atom is 0.236 e. The molecule has 0 unspecified atom stereocenters. The number of anilines is 2. The lowest BCUT2D eigenvalue weighted by atomic mass is 10.2. The van der Waals surface area contributed by atoms with Crippen molar-refractivity contribution in [3.63, 3.8) is 0 Å². The van der Waals surface area contributed by atoms with Crippen molar-refractivity contribution in [3.05, 3.63) is 11.8 Å². The van der Waals surface area contributed by atoms with E-state index in [9.17, 15) is 4.79 Å². The molecule has 144 valence electrons. The summed E-state index contributed by atoms with van der Waals surface area (Å²) in [4.78, 5) is 30.3. The molecule has 0 atom stereocenters. The molecule has 7 heteroatoms. The van der Waals surface area contributed by atoms with E-state index in [1.54, 1.807) is 0 Å². The second-order valence-corrected chi connectivity index (χ2v) is 7.62. The van der Waals surface area contributed by atoms with Gasteiger partial charge < -0.3 is 14.7 Å². The number of carbonyl (C=O) groups excluding carboxylic acids is 1. The molecule has 0 radical (unpaired) electrons. The molecule has 0 aliphatic carbocycles. The van der Waals surface area contributed by atoms with E-state index in [1.165, 1.54) is 12.8 Å². The smallest absolute Gasteiger partial charge is 0.236 e.